The molecule has 34 heavy (non-hydrogen) atoms. The highest BCUT2D eigenvalue weighted by Crippen LogP contribution is 2.35. The van der Waals surface area contributed by atoms with Gasteiger partial charge >= 0.3 is 0 Å². The predicted molar refractivity (Wildman–Crippen MR) is 131 cm³/mol. The van der Waals surface area contributed by atoms with Gasteiger partial charge in [-0.1, -0.05) is 20.8 Å². The summed E-state index contributed by atoms with van der Waals surface area (Å²) in [6.07, 6.45) is 5.22. The summed E-state index contributed by atoms with van der Waals surface area (Å²) in [5, 5.41) is 3.26. The first kappa shape index (κ1) is 23.9. The summed E-state index contributed by atoms with van der Waals surface area (Å²) in [6, 6.07) is 3.53. The number of methoxy groups -OCH3 is 1. The van der Waals surface area contributed by atoms with E-state index in [4.69, 9.17) is 20.4 Å². The van der Waals surface area contributed by atoms with Gasteiger partial charge in [0.2, 0.25) is 16.0 Å². The van der Waals surface area contributed by atoms with Gasteiger partial charge in [0.25, 0.3) is 0 Å². The molecule has 4 rings (SSSR count). The Morgan fingerprint density at radius 2 is 2.03 bits per heavy atom. The standard InChI is InChI=1S/C22H30N8O3S/c1-22(2,3)20-28-17(13-10-16(33-4)19(23)25-11-13)18(29-20)15-6-8-24-21(27-15)26-14-7-9-30(12-14)34(5,31)32/h6,8,10-11,14H,7,9,12H2,1-5H3,(H2,23,25)(H,28,29)(H,24,26,27)/t14-/m1/s1. The van der Waals surface area contributed by atoms with E-state index in [0.29, 0.717) is 54.1 Å². The average molecular weight is 487 g/mol. The van der Waals surface area contributed by atoms with Gasteiger partial charge in [-0.05, 0) is 18.6 Å². The third kappa shape index (κ3) is 4.97. The Labute approximate surface area is 199 Å². The molecule has 3 aromatic heterocycles. The zero-order valence-corrected chi connectivity index (χ0v) is 20.8. The van der Waals surface area contributed by atoms with E-state index in [9.17, 15) is 8.42 Å². The lowest BCUT2D eigenvalue weighted by Gasteiger charge is -2.15. The average Bonchev–Trinajstić information content (AvgIpc) is 3.42. The second-order valence-electron chi connectivity index (χ2n) is 9.39. The number of pyridine rings is 1. The quantitative estimate of drug-likeness (QED) is 0.476. The molecule has 3 aromatic rings. The Bertz CT molecular complexity index is 1300. The van der Waals surface area contributed by atoms with Gasteiger partial charge in [-0.3, -0.25) is 0 Å². The molecule has 1 fully saturated rings. The molecule has 11 nitrogen and oxygen atoms in total. The molecule has 1 aliphatic heterocycles. The first-order valence-electron chi connectivity index (χ1n) is 10.9. The number of hydrogen-bond acceptors (Lipinski definition) is 9. The third-order valence-electron chi connectivity index (χ3n) is 5.65. The number of hydrogen-bond donors (Lipinski definition) is 3. The van der Waals surface area contributed by atoms with Crippen molar-refractivity contribution in [3.05, 3.63) is 30.4 Å². The molecule has 0 aliphatic carbocycles. The molecule has 12 heteroatoms. The van der Waals surface area contributed by atoms with Crippen LogP contribution in [-0.2, 0) is 15.4 Å². The van der Waals surface area contributed by atoms with Crippen LogP contribution in [0.15, 0.2) is 24.5 Å². The lowest BCUT2D eigenvalue weighted by atomic mass is 9.96. The first-order chi connectivity index (χ1) is 16.0. The number of nitrogens with one attached hydrogen (secondary N) is 2. The van der Waals surface area contributed by atoms with Gasteiger partial charge < -0.3 is 20.8 Å². The summed E-state index contributed by atoms with van der Waals surface area (Å²) in [7, 11) is -1.68. The number of nitrogens with two attached hydrogens (primary N) is 1. The molecule has 0 saturated carbocycles. The van der Waals surface area contributed by atoms with Crippen molar-refractivity contribution in [3.8, 4) is 28.4 Å². The van der Waals surface area contributed by atoms with Crippen LogP contribution in [0.5, 0.6) is 5.75 Å². The fourth-order valence-electron chi connectivity index (χ4n) is 3.77. The van der Waals surface area contributed by atoms with E-state index in [1.807, 2.05) is 0 Å². The van der Waals surface area contributed by atoms with Crippen LogP contribution in [0, 0.1) is 0 Å². The van der Waals surface area contributed by atoms with Crippen LogP contribution in [0.3, 0.4) is 0 Å². The molecule has 0 amide bonds. The zero-order chi connectivity index (χ0) is 24.7. The lowest BCUT2D eigenvalue weighted by Crippen LogP contribution is -2.31. The van der Waals surface area contributed by atoms with Crippen LogP contribution < -0.4 is 15.8 Å². The van der Waals surface area contributed by atoms with E-state index in [0.717, 1.165) is 11.4 Å². The number of ether oxygens (including phenoxy) is 1. The number of sulfonamides is 1. The Morgan fingerprint density at radius 1 is 1.26 bits per heavy atom. The second-order valence-corrected chi connectivity index (χ2v) is 11.4. The highest BCUT2D eigenvalue weighted by molar-refractivity contribution is 7.88. The van der Waals surface area contributed by atoms with Crippen LogP contribution in [0.4, 0.5) is 11.8 Å². The SMILES string of the molecule is COc1cc(-c2nc(C(C)(C)C)[nH]c2-c2ccnc(N[C@@H]3CCN(S(C)(=O)=O)C3)n2)cnc1N. The molecule has 0 spiro atoms. The Balaban J connectivity index is 1.70. The molecule has 182 valence electrons. The molecule has 1 atom stereocenters. The summed E-state index contributed by atoms with van der Waals surface area (Å²) < 4.78 is 30.5. The molecule has 0 unspecified atom stereocenters. The van der Waals surface area contributed by atoms with Gasteiger partial charge in [-0.15, -0.1) is 0 Å². The van der Waals surface area contributed by atoms with Crippen molar-refractivity contribution in [2.24, 2.45) is 0 Å². The minimum atomic E-state index is -3.22. The van der Waals surface area contributed by atoms with Gasteiger partial charge in [0.05, 0.1) is 30.4 Å². The topological polar surface area (TPSA) is 152 Å². The Morgan fingerprint density at radius 3 is 2.68 bits per heavy atom. The van der Waals surface area contributed by atoms with Crippen molar-refractivity contribution in [2.45, 2.75) is 38.6 Å². The van der Waals surface area contributed by atoms with E-state index in [-0.39, 0.29) is 11.5 Å². The normalized spacial score (nSPS) is 17.1. The van der Waals surface area contributed by atoms with E-state index in [1.165, 1.54) is 10.6 Å². The predicted octanol–water partition coefficient (Wildman–Crippen LogP) is 2.26. The smallest absolute Gasteiger partial charge is 0.223 e. The zero-order valence-electron chi connectivity index (χ0n) is 20.0. The van der Waals surface area contributed by atoms with Crippen molar-refractivity contribution < 1.29 is 13.2 Å². The maximum Gasteiger partial charge on any atom is 0.223 e. The van der Waals surface area contributed by atoms with Gasteiger partial charge in [0.1, 0.15) is 5.82 Å². The lowest BCUT2D eigenvalue weighted by molar-refractivity contribution is 0.415. The summed E-state index contributed by atoms with van der Waals surface area (Å²) in [4.78, 5) is 21.6. The van der Waals surface area contributed by atoms with E-state index in [1.54, 1.807) is 31.6 Å². The minimum Gasteiger partial charge on any atom is -0.493 e. The van der Waals surface area contributed by atoms with Crippen molar-refractivity contribution in [3.63, 3.8) is 0 Å². The highest BCUT2D eigenvalue weighted by atomic mass is 32.2. The Kier molecular flexibility index (Phi) is 6.21. The molecule has 0 aromatic carbocycles. The van der Waals surface area contributed by atoms with Gasteiger partial charge in [0.15, 0.2) is 11.6 Å². The summed E-state index contributed by atoms with van der Waals surface area (Å²) in [5.74, 6) is 1.97. The van der Waals surface area contributed by atoms with Gasteiger partial charge in [-0.25, -0.2) is 32.7 Å². The monoisotopic (exact) mass is 486 g/mol. The van der Waals surface area contributed by atoms with Gasteiger partial charge in [-0.2, -0.15) is 0 Å². The van der Waals surface area contributed by atoms with Crippen molar-refractivity contribution in [1.82, 2.24) is 29.2 Å². The van der Waals surface area contributed by atoms with E-state index >= 15 is 0 Å². The van der Waals surface area contributed by atoms with Crippen molar-refractivity contribution in [1.29, 1.82) is 0 Å². The number of aromatic nitrogens is 5. The molecule has 1 saturated heterocycles. The van der Waals surface area contributed by atoms with Crippen LogP contribution in [0.2, 0.25) is 0 Å². The number of imidazole rings is 1. The number of nitrogens with zero attached hydrogens (tertiary/aromatic N) is 5. The van der Waals surface area contributed by atoms with Crippen molar-refractivity contribution >= 4 is 21.8 Å². The minimum absolute atomic E-state index is 0.0677. The molecular weight excluding hydrogens is 456 g/mol. The fourth-order valence-corrected chi connectivity index (χ4v) is 4.66. The molecule has 4 N–H and O–H groups in total. The number of H-pyrrole nitrogens is 1. The van der Waals surface area contributed by atoms with Crippen LogP contribution in [0.25, 0.3) is 22.6 Å². The van der Waals surface area contributed by atoms with Crippen LogP contribution in [-0.4, -0.2) is 70.1 Å². The maximum atomic E-state index is 11.8. The molecule has 0 bridgehead atoms. The number of rotatable bonds is 6. The second kappa shape index (κ2) is 8.84. The van der Waals surface area contributed by atoms with Crippen LogP contribution in [0.1, 0.15) is 33.0 Å². The van der Waals surface area contributed by atoms with E-state index in [2.05, 4.69) is 41.0 Å². The molecular formula is C22H30N8O3S. The molecule has 0 radical (unpaired) electrons. The Hall–Kier alpha value is -3.25. The van der Waals surface area contributed by atoms with E-state index < -0.39 is 10.0 Å². The third-order valence-corrected chi connectivity index (χ3v) is 6.92. The summed E-state index contributed by atoms with van der Waals surface area (Å²) in [5.41, 5.74) is 8.44. The number of aromatic amines is 1. The fraction of sp³-hybridized carbons (Fsp3) is 0.455. The molecule has 4 heterocycles. The highest BCUT2D eigenvalue weighted by Gasteiger charge is 2.29. The van der Waals surface area contributed by atoms with Crippen molar-refractivity contribution in [2.75, 3.05) is 37.5 Å². The van der Waals surface area contributed by atoms with Crippen LogP contribution >= 0.6 is 0 Å². The number of anilines is 2. The largest absolute Gasteiger partial charge is 0.493 e. The number of nitrogen functional groups attached to an aromatic ring is 1. The van der Waals surface area contributed by atoms with Gasteiger partial charge in [0, 0.05) is 42.5 Å². The first-order valence-corrected chi connectivity index (χ1v) is 12.8. The molecule has 1 aliphatic rings. The maximum absolute atomic E-state index is 11.8. The summed E-state index contributed by atoms with van der Waals surface area (Å²) in [6.45, 7) is 7.07. The summed E-state index contributed by atoms with van der Waals surface area (Å²) >= 11 is 0.